The Morgan fingerprint density at radius 2 is 2.44 bits per heavy atom. The zero-order chi connectivity index (χ0) is 11.4. The summed E-state index contributed by atoms with van der Waals surface area (Å²) in [4.78, 5) is 15.5. The number of Topliss-reactive ketones (excluding diaryl/α,β-unsaturated/α-hetero) is 1. The molecule has 0 amide bonds. The fraction of sp³-hybridized carbons (Fsp3) is 0.727. The number of hydrogen-bond acceptors (Lipinski definition) is 5. The van der Waals surface area contributed by atoms with Crippen LogP contribution in [-0.4, -0.2) is 21.7 Å². The highest BCUT2D eigenvalue weighted by molar-refractivity contribution is 7.99. The van der Waals surface area contributed by atoms with Crippen LogP contribution in [0.3, 0.4) is 0 Å². The van der Waals surface area contributed by atoms with Crippen LogP contribution in [0.1, 0.15) is 49.6 Å². The molecule has 0 aliphatic carbocycles. The molecular formula is C11H16N2O2S. The van der Waals surface area contributed by atoms with E-state index >= 15 is 0 Å². The molecule has 1 aliphatic rings. The van der Waals surface area contributed by atoms with Crippen LogP contribution < -0.4 is 0 Å². The Morgan fingerprint density at radius 3 is 3.12 bits per heavy atom. The van der Waals surface area contributed by atoms with E-state index in [2.05, 4.69) is 10.1 Å². The van der Waals surface area contributed by atoms with E-state index in [0.29, 0.717) is 17.6 Å². The second-order valence-corrected chi connectivity index (χ2v) is 5.28. The van der Waals surface area contributed by atoms with Crippen LogP contribution in [0.2, 0.25) is 0 Å². The van der Waals surface area contributed by atoms with Crippen molar-refractivity contribution < 1.29 is 9.32 Å². The van der Waals surface area contributed by atoms with Crippen molar-refractivity contribution in [1.29, 1.82) is 0 Å². The van der Waals surface area contributed by atoms with E-state index in [1.165, 1.54) is 18.6 Å². The maximum absolute atomic E-state index is 11.2. The van der Waals surface area contributed by atoms with Crippen LogP contribution in [0.4, 0.5) is 0 Å². The van der Waals surface area contributed by atoms with E-state index in [-0.39, 0.29) is 12.2 Å². The zero-order valence-electron chi connectivity index (χ0n) is 9.44. The SMILES string of the molecule is CCC(=O)Cc1nc(C2CCCCS2)no1. The molecule has 1 unspecified atom stereocenters. The molecule has 88 valence electrons. The molecule has 0 radical (unpaired) electrons. The molecule has 1 aliphatic heterocycles. The standard InChI is InChI=1S/C11H16N2O2S/c1-2-8(14)7-10-12-11(13-15-10)9-5-3-4-6-16-9/h9H,2-7H2,1H3. The highest BCUT2D eigenvalue weighted by Crippen LogP contribution is 2.36. The normalized spacial score (nSPS) is 20.9. The first-order valence-electron chi connectivity index (χ1n) is 5.75. The smallest absolute Gasteiger partial charge is 0.234 e. The van der Waals surface area contributed by atoms with Gasteiger partial charge in [-0.2, -0.15) is 16.7 Å². The lowest BCUT2D eigenvalue weighted by molar-refractivity contribution is -0.118. The van der Waals surface area contributed by atoms with Crippen molar-refractivity contribution in [2.75, 3.05) is 5.75 Å². The van der Waals surface area contributed by atoms with Gasteiger partial charge in [-0.05, 0) is 18.6 Å². The first-order chi connectivity index (χ1) is 7.79. The van der Waals surface area contributed by atoms with Gasteiger partial charge in [-0.25, -0.2) is 0 Å². The Morgan fingerprint density at radius 1 is 1.56 bits per heavy atom. The molecule has 16 heavy (non-hydrogen) atoms. The Labute approximate surface area is 99.2 Å². The number of carbonyl (C=O) groups is 1. The molecule has 1 atom stereocenters. The van der Waals surface area contributed by atoms with Crippen LogP contribution in [-0.2, 0) is 11.2 Å². The Bertz CT molecular complexity index is 359. The van der Waals surface area contributed by atoms with E-state index in [0.717, 1.165) is 12.2 Å². The van der Waals surface area contributed by atoms with Gasteiger partial charge in [0, 0.05) is 6.42 Å². The molecule has 0 saturated carbocycles. The third-order valence-corrected chi connectivity index (χ3v) is 4.07. The third kappa shape index (κ3) is 2.84. The van der Waals surface area contributed by atoms with Crippen LogP contribution in [0.5, 0.6) is 0 Å². The van der Waals surface area contributed by atoms with E-state index in [4.69, 9.17) is 4.52 Å². The van der Waals surface area contributed by atoms with Gasteiger partial charge in [-0.1, -0.05) is 18.5 Å². The zero-order valence-corrected chi connectivity index (χ0v) is 10.3. The molecule has 1 fully saturated rings. The average molecular weight is 240 g/mol. The molecule has 0 bridgehead atoms. The number of thioether (sulfide) groups is 1. The summed E-state index contributed by atoms with van der Waals surface area (Å²) in [7, 11) is 0. The Kier molecular flexibility index (Phi) is 3.98. The van der Waals surface area contributed by atoms with Crippen molar-refractivity contribution in [3.05, 3.63) is 11.7 Å². The number of hydrogen-bond donors (Lipinski definition) is 0. The number of nitrogens with zero attached hydrogens (tertiary/aromatic N) is 2. The number of aromatic nitrogens is 2. The van der Waals surface area contributed by atoms with Gasteiger partial charge in [0.1, 0.15) is 5.78 Å². The van der Waals surface area contributed by atoms with Gasteiger partial charge in [-0.3, -0.25) is 4.79 Å². The molecule has 5 heteroatoms. The lowest BCUT2D eigenvalue weighted by Gasteiger charge is -2.17. The fourth-order valence-electron chi connectivity index (χ4n) is 1.71. The number of rotatable bonds is 4. The van der Waals surface area contributed by atoms with Gasteiger partial charge in [0.05, 0.1) is 11.7 Å². The maximum Gasteiger partial charge on any atom is 0.234 e. The van der Waals surface area contributed by atoms with Crippen molar-refractivity contribution in [3.8, 4) is 0 Å². The first-order valence-corrected chi connectivity index (χ1v) is 6.80. The fourth-order valence-corrected chi connectivity index (χ4v) is 2.94. The summed E-state index contributed by atoms with van der Waals surface area (Å²) in [6, 6.07) is 0. The largest absolute Gasteiger partial charge is 0.339 e. The quantitative estimate of drug-likeness (QED) is 0.809. The van der Waals surface area contributed by atoms with Gasteiger partial charge < -0.3 is 4.52 Å². The minimum atomic E-state index is 0.145. The summed E-state index contributed by atoms with van der Waals surface area (Å²) in [6.07, 6.45) is 4.43. The second kappa shape index (κ2) is 5.48. The topological polar surface area (TPSA) is 56.0 Å². The van der Waals surface area contributed by atoms with Gasteiger partial charge in [0.25, 0.3) is 0 Å². The molecular weight excluding hydrogens is 224 g/mol. The van der Waals surface area contributed by atoms with Crippen molar-refractivity contribution in [1.82, 2.24) is 10.1 Å². The van der Waals surface area contributed by atoms with Crippen LogP contribution in [0.15, 0.2) is 4.52 Å². The van der Waals surface area contributed by atoms with Crippen LogP contribution >= 0.6 is 11.8 Å². The minimum Gasteiger partial charge on any atom is -0.339 e. The van der Waals surface area contributed by atoms with Gasteiger partial charge >= 0.3 is 0 Å². The van der Waals surface area contributed by atoms with E-state index in [1.54, 1.807) is 0 Å². The highest BCUT2D eigenvalue weighted by atomic mass is 32.2. The third-order valence-electron chi connectivity index (χ3n) is 2.69. The molecule has 0 aromatic carbocycles. The first kappa shape index (κ1) is 11.6. The molecule has 1 aromatic heterocycles. The molecule has 0 N–H and O–H groups in total. The van der Waals surface area contributed by atoms with Crippen molar-refractivity contribution in [3.63, 3.8) is 0 Å². The summed E-state index contributed by atoms with van der Waals surface area (Å²) in [5.74, 6) is 2.55. The lowest BCUT2D eigenvalue weighted by atomic mass is 10.2. The van der Waals surface area contributed by atoms with Crippen LogP contribution in [0.25, 0.3) is 0 Å². The minimum absolute atomic E-state index is 0.145. The average Bonchev–Trinajstić information content (AvgIpc) is 2.78. The molecule has 1 saturated heterocycles. The maximum atomic E-state index is 11.2. The van der Waals surface area contributed by atoms with E-state index in [9.17, 15) is 4.79 Å². The van der Waals surface area contributed by atoms with Crippen molar-refractivity contribution in [2.45, 2.75) is 44.3 Å². The molecule has 2 heterocycles. The summed E-state index contributed by atoms with van der Waals surface area (Å²) < 4.78 is 5.10. The van der Waals surface area contributed by atoms with E-state index in [1.807, 2.05) is 18.7 Å². The highest BCUT2D eigenvalue weighted by Gasteiger charge is 2.21. The second-order valence-electron chi connectivity index (χ2n) is 3.97. The lowest BCUT2D eigenvalue weighted by Crippen LogP contribution is -2.05. The predicted octanol–water partition coefficient (Wildman–Crippen LogP) is 2.55. The summed E-state index contributed by atoms with van der Waals surface area (Å²) >= 11 is 1.88. The summed E-state index contributed by atoms with van der Waals surface area (Å²) in [5, 5.41) is 4.33. The van der Waals surface area contributed by atoms with Gasteiger partial charge in [0.15, 0.2) is 5.82 Å². The Balaban J connectivity index is 1.98. The van der Waals surface area contributed by atoms with Crippen molar-refractivity contribution in [2.24, 2.45) is 0 Å². The predicted molar refractivity (Wildman–Crippen MR) is 62.4 cm³/mol. The van der Waals surface area contributed by atoms with E-state index < -0.39 is 0 Å². The number of ketones is 1. The monoisotopic (exact) mass is 240 g/mol. The summed E-state index contributed by atoms with van der Waals surface area (Å²) in [5.41, 5.74) is 0. The molecule has 0 spiro atoms. The molecule has 2 rings (SSSR count). The molecule has 1 aromatic rings. The van der Waals surface area contributed by atoms with Crippen LogP contribution in [0, 0.1) is 0 Å². The van der Waals surface area contributed by atoms with Gasteiger partial charge in [0.2, 0.25) is 5.89 Å². The van der Waals surface area contributed by atoms with Crippen molar-refractivity contribution >= 4 is 17.5 Å². The Hall–Kier alpha value is -0.840. The molecule has 4 nitrogen and oxygen atoms in total. The van der Waals surface area contributed by atoms with Gasteiger partial charge in [-0.15, -0.1) is 0 Å². The number of carbonyl (C=O) groups excluding carboxylic acids is 1. The summed E-state index contributed by atoms with van der Waals surface area (Å²) in [6.45, 7) is 1.84.